The minimum absolute atomic E-state index is 0.0467. The molecule has 1 unspecified atom stereocenters. The first-order valence-corrected chi connectivity index (χ1v) is 6.45. The van der Waals surface area contributed by atoms with Gasteiger partial charge < -0.3 is 20.5 Å². The van der Waals surface area contributed by atoms with Crippen molar-refractivity contribution >= 4 is 5.91 Å². The molecule has 0 radical (unpaired) electrons. The predicted octanol–water partition coefficient (Wildman–Crippen LogP) is 1.58. The molecule has 0 saturated carbocycles. The number of carbonyl (C=O) groups is 1. The number of hydrogen-bond donors (Lipinski definition) is 3. The van der Waals surface area contributed by atoms with E-state index in [-0.39, 0.29) is 17.7 Å². The molecule has 0 aliphatic rings. The van der Waals surface area contributed by atoms with Gasteiger partial charge in [-0.2, -0.15) is 0 Å². The van der Waals surface area contributed by atoms with Crippen LogP contribution in [0.4, 0.5) is 0 Å². The molecule has 1 aromatic rings. The summed E-state index contributed by atoms with van der Waals surface area (Å²) in [5, 5.41) is 15.5. The third-order valence-corrected chi connectivity index (χ3v) is 2.88. The van der Waals surface area contributed by atoms with Crippen LogP contribution in [0.2, 0.25) is 0 Å². The van der Waals surface area contributed by atoms with Crippen molar-refractivity contribution in [3.8, 4) is 11.5 Å². The van der Waals surface area contributed by atoms with E-state index >= 15 is 0 Å². The maximum atomic E-state index is 11.3. The largest absolute Gasteiger partial charge is 0.504 e. The number of aromatic hydroxyl groups is 1. The lowest BCUT2D eigenvalue weighted by Gasteiger charge is -2.15. The van der Waals surface area contributed by atoms with Crippen LogP contribution in [0.3, 0.4) is 0 Å². The lowest BCUT2D eigenvalue weighted by molar-refractivity contribution is -0.120. The van der Waals surface area contributed by atoms with E-state index in [1.165, 1.54) is 7.11 Å². The number of methoxy groups -OCH3 is 1. The van der Waals surface area contributed by atoms with E-state index in [0.29, 0.717) is 25.3 Å². The van der Waals surface area contributed by atoms with Crippen molar-refractivity contribution in [2.45, 2.75) is 26.3 Å². The SMILES string of the molecule is CCNC(=O)CCNC(C)c1ccc(O)c(OC)c1. The normalized spacial score (nSPS) is 11.9. The molecule has 0 fully saturated rings. The quantitative estimate of drug-likeness (QED) is 0.700. The molecule has 0 aromatic heterocycles. The maximum Gasteiger partial charge on any atom is 0.221 e. The Morgan fingerprint density at radius 1 is 1.47 bits per heavy atom. The molecule has 0 aliphatic heterocycles. The first-order valence-electron chi connectivity index (χ1n) is 6.45. The molecule has 3 N–H and O–H groups in total. The van der Waals surface area contributed by atoms with Crippen LogP contribution in [0.5, 0.6) is 11.5 Å². The van der Waals surface area contributed by atoms with Gasteiger partial charge in [0.25, 0.3) is 0 Å². The minimum atomic E-state index is 0.0467. The first-order chi connectivity index (χ1) is 9.08. The molecule has 1 atom stereocenters. The summed E-state index contributed by atoms with van der Waals surface area (Å²) in [4.78, 5) is 11.3. The summed E-state index contributed by atoms with van der Waals surface area (Å²) in [6, 6.07) is 5.32. The summed E-state index contributed by atoms with van der Waals surface area (Å²) in [5.41, 5.74) is 1.01. The van der Waals surface area contributed by atoms with Crippen LogP contribution in [-0.2, 0) is 4.79 Å². The summed E-state index contributed by atoms with van der Waals surface area (Å²) >= 11 is 0. The van der Waals surface area contributed by atoms with Crippen LogP contribution in [-0.4, -0.2) is 31.2 Å². The molecule has 0 bridgehead atoms. The number of benzene rings is 1. The summed E-state index contributed by atoms with van der Waals surface area (Å²) < 4.78 is 5.07. The maximum absolute atomic E-state index is 11.3. The van der Waals surface area contributed by atoms with Gasteiger partial charge in [-0.3, -0.25) is 4.79 Å². The molecule has 5 heteroatoms. The van der Waals surface area contributed by atoms with Gasteiger partial charge in [0.15, 0.2) is 11.5 Å². The van der Waals surface area contributed by atoms with Crippen LogP contribution in [0.15, 0.2) is 18.2 Å². The molecule has 19 heavy (non-hydrogen) atoms. The van der Waals surface area contributed by atoms with E-state index in [1.54, 1.807) is 12.1 Å². The van der Waals surface area contributed by atoms with Gasteiger partial charge >= 0.3 is 0 Å². The van der Waals surface area contributed by atoms with Crippen LogP contribution < -0.4 is 15.4 Å². The lowest BCUT2D eigenvalue weighted by atomic mass is 10.1. The second-order valence-corrected chi connectivity index (χ2v) is 4.31. The summed E-state index contributed by atoms with van der Waals surface area (Å²) in [6.07, 6.45) is 0.452. The third kappa shape index (κ3) is 4.79. The molecule has 1 aromatic carbocycles. The topological polar surface area (TPSA) is 70.6 Å². The molecule has 1 rings (SSSR count). The van der Waals surface area contributed by atoms with E-state index in [2.05, 4.69) is 10.6 Å². The minimum Gasteiger partial charge on any atom is -0.504 e. The third-order valence-electron chi connectivity index (χ3n) is 2.88. The standard InChI is InChI=1S/C14H22N2O3/c1-4-15-14(18)7-8-16-10(2)11-5-6-12(17)13(9-11)19-3/h5-6,9-10,16-17H,4,7-8H2,1-3H3,(H,15,18). The zero-order valence-corrected chi connectivity index (χ0v) is 11.7. The van der Waals surface area contributed by atoms with Gasteiger partial charge in [-0.05, 0) is 31.5 Å². The molecule has 0 aliphatic carbocycles. The molecule has 0 saturated heterocycles. The smallest absolute Gasteiger partial charge is 0.221 e. The van der Waals surface area contributed by atoms with Crippen molar-refractivity contribution in [2.24, 2.45) is 0 Å². The van der Waals surface area contributed by atoms with Crippen LogP contribution in [0, 0.1) is 0 Å². The Labute approximate surface area is 114 Å². The van der Waals surface area contributed by atoms with Crippen molar-refractivity contribution in [3.05, 3.63) is 23.8 Å². The molecular weight excluding hydrogens is 244 g/mol. The Balaban J connectivity index is 2.49. The molecule has 106 valence electrons. The average molecular weight is 266 g/mol. The Hall–Kier alpha value is -1.75. The highest BCUT2D eigenvalue weighted by molar-refractivity contribution is 5.75. The number of rotatable bonds is 7. The highest BCUT2D eigenvalue weighted by Crippen LogP contribution is 2.28. The van der Waals surface area contributed by atoms with Crippen LogP contribution >= 0.6 is 0 Å². The molecule has 1 amide bonds. The first kappa shape index (κ1) is 15.3. The van der Waals surface area contributed by atoms with E-state index < -0.39 is 0 Å². The summed E-state index contributed by atoms with van der Waals surface area (Å²) in [7, 11) is 1.52. The zero-order valence-electron chi connectivity index (χ0n) is 11.7. The number of phenolic OH excluding ortho intramolecular Hbond substituents is 1. The Morgan fingerprint density at radius 3 is 2.84 bits per heavy atom. The lowest BCUT2D eigenvalue weighted by Crippen LogP contribution is -2.28. The number of ether oxygens (including phenoxy) is 1. The summed E-state index contributed by atoms with van der Waals surface area (Å²) in [5.74, 6) is 0.626. The van der Waals surface area contributed by atoms with Crippen molar-refractivity contribution in [3.63, 3.8) is 0 Å². The number of phenols is 1. The number of amides is 1. The fourth-order valence-electron chi connectivity index (χ4n) is 1.77. The fourth-order valence-corrected chi connectivity index (χ4v) is 1.77. The number of nitrogens with one attached hydrogen (secondary N) is 2. The van der Waals surface area contributed by atoms with Gasteiger partial charge in [0.2, 0.25) is 5.91 Å². The Morgan fingerprint density at radius 2 is 2.21 bits per heavy atom. The Kier molecular flexibility index (Phi) is 6.15. The van der Waals surface area contributed by atoms with Crippen molar-refractivity contribution in [1.29, 1.82) is 0 Å². The highest BCUT2D eigenvalue weighted by Gasteiger charge is 2.09. The van der Waals surface area contributed by atoms with Crippen LogP contribution in [0.25, 0.3) is 0 Å². The molecular formula is C14H22N2O3. The van der Waals surface area contributed by atoms with E-state index in [4.69, 9.17) is 4.74 Å². The van der Waals surface area contributed by atoms with E-state index in [0.717, 1.165) is 5.56 Å². The monoisotopic (exact) mass is 266 g/mol. The van der Waals surface area contributed by atoms with Gasteiger partial charge in [0.1, 0.15) is 0 Å². The fraction of sp³-hybridized carbons (Fsp3) is 0.500. The van der Waals surface area contributed by atoms with Crippen molar-refractivity contribution in [1.82, 2.24) is 10.6 Å². The van der Waals surface area contributed by atoms with Crippen LogP contribution in [0.1, 0.15) is 31.9 Å². The van der Waals surface area contributed by atoms with E-state index in [1.807, 2.05) is 19.9 Å². The average Bonchev–Trinajstić information content (AvgIpc) is 2.39. The van der Waals surface area contributed by atoms with Crippen molar-refractivity contribution < 1.29 is 14.6 Å². The van der Waals surface area contributed by atoms with Gasteiger partial charge in [-0.15, -0.1) is 0 Å². The van der Waals surface area contributed by atoms with Gasteiger partial charge in [-0.25, -0.2) is 0 Å². The molecule has 0 spiro atoms. The second-order valence-electron chi connectivity index (χ2n) is 4.31. The molecule has 5 nitrogen and oxygen atoms in total. The number of carbonyl (C=O) groups excluding carboxylic acids is 1. The van der Waals surface area contributed by atoms with Gasteiger partial charge in [0.05, 0.1) is 7.11 Å². The van der Waals surface area contributed by atoms with Gasteiger partial charge in [-0.1, -0.05) is 6.07 Å². The van der Waals surface area contributed by atoms with Crippen molar-refractivity contribution in [2.75, 3.05) is 20.2 Å². The predicted molar refractivity (Wildman–Crippen MR) is 74.4 cm³/mol. The Bertz CT molecular complexity index is 421. The highest BCUT2D eigenvalue weighted by atomic mass is 16.5. The molecule has 0 heterocycles. The second kappa shape index (κ2) is 7.63. The zero-order chi connectivity index (χ0) is 14.3. The number of hydrogen-bond acceptors (Lipinski definition) is 4. The van der Waals surface area contributed by atoms with E-state index in [9.17, 15) is 9.90 Å². The van der Waals surface area contributed by atoms with Gasteiger partial charge in [0, 0.05) is 25.6 Å². The summed E-state index contributed by atoms with van der Waals surface area (Å²) in [6.45, 7) is 5.17.